The van der Waals surface area contributed by atoms with Gasteiger partial charge < -0.3 is 34.6 Å². The Morgan fingerprint density at radius 3 is 2.79 bits per heavy atom. The van der Waals surface area contributed by atoms with Gasteiger partial charge in [0.25, 0.3) is 6.02 Å². The predicted molar refractivity (Wildman–Crippen MR) is 195 cm³/mol. The summed E-state index contributed by atoms with van der Waals surface area (Å²) in [5, 5.41) is 26.0. The molecule has 284 valence electrons. The number of hydrogen-bond donors (Lipinski definition) is 3. The van der Waals surface area contributed by atoms with Gasteiger partial charge in [-0.25, -0.2) is 18.6 Å². The Bertz CT molecular complexity index is 1940. The molecule has 14 heteroatoms. The molecule has 5 aliphatic rings. The molecular weight excluding hydrogens is 686 g/mol. The predicted octanol–water partition coefficient (Wildman–Crippen LogP) is 5.41. The Morgan fingerprint density at radius 2 is 2.00 bits per heavy atom. The van der Waals surface area contributed by atoms with E-state index in [4.69, 9.17) is 19.2 Å². The van der Waals surface area contributed by atoms with Crippen molar-refractivity contribution >= 4 is 28.6 Å². The Hall–Kier alpha value is -4.11. The zero-order chi connectivity index (χ0) is 37.1. The lowest BCUT2D eigenvalue weighted by Gasteiger charge is -2.47. The van der Waals surface area contributed by atoms with Gasteiger partial charge in [0.05, 0.1) is 37.2 Å². The highest BCUT2D eigenvalue weighted by molar-refractivity contribution is 6.01. The molecular formula is C39H48F2N6O6. The number of pyridine rings is 1. The molecule has 5 atom stereocenters. The number of fused-ring (bicyclic) bond motifs is 3. The molecule has 0 radical (unpaired) electrons. The lowest BCUT2D eigenvalue weighted by atomic mass is 9.75. The maximum Gasteiger partial charge on any atom is 0.409 e. The van der Waals surface area contributed by atoms with Crippen LogP contribution in [-0.2, 0) is 20.6 Å². The second-order valence-corrected chi connectivity index (χ2v) is 15.7. The highest BCUT2D eigenvalue weighted by Gasteiger charge is 2.50. The van der Waals surface area contributed by atoms with E-state index in [0.29, 0.717) is 54.7 Å². The number of carbonyl (C=O) groups excluding carboxylic acids is 1. The van der Waals surface area contributed by atoms with Crippen LogP contribution in [0.25, 0.3) is 22.0 Å². The smallest absolute Gasteiger partial charge is 0.409 e. The van der Waals surface area contributed by atoms with Crippen LogP contribution in [0.2, 0.25) is 0 Å². The number of β-amino-alcohol motifs (C(OH)–C–C–N with tert-alkyl or cyclic N) is 1. The number of anilines is 1. The number of likely N-dealkylation sites (tertiary alicyclic amines) is 1. The summed E-state index contributed by atoms with van der Waals surface area (Å²) >= 11 is 0. The molecule has 4 fully saturated rings. The SMILES string of the molecule is CCc1c(F)ccc2cc(O)cc(-c3ncc4c(c3F)NC(OCC35CCCC3N(CC3COC(=O)N3C)CCC5)=NC4N3CCOCC(C)(O)C3)c12. The van der Waals surface area contributed by atoms with Crippen molar-refractivity contribution in [1.29, 1.82) is 0 Å². The Morgan fingerprint density at radius 1 is 1.17 bits per heavy atom. The van der Waals surface area contributed by atoms with E-state index in [1.807, 2.05) is 11.8 Å². The molecule has 1 aliphatic carbocycles. The van der Waals surface area contributed by atoms with Crippen LogP contribution >= 0.6 is 0 Å². The molecule has 0 spiro atoms. The molecule has 1 aromatic heterocycles. The molecule has 53 heavy (non-hydrogen) atoms. The first-order chi connectivity index (χ1) is 25.5. The summed E-state index contributed by atoms with van der Waals surface area (Å²) in [6.45, 7) is 7.10. The average molecular weight is 735 g/mol. The van der Waals surface area contributed by atoms with Gasteiger partial charge in [0, 0.05) is 55.5 Å². The third-order valence-electron chi connectivity index (χ3n) is 12.0. The molecule has 4 aliphatic heterocycles. The number of cyclic esters (lactones) is 1. The third-order valence-corrected chi connectivity index (χ3v) is 12.0. The number of nitrogens with one attached hydrogen (secondary N) is 1. The molecule has 5 unspecified atom stereocenters. The minimum atomic E-state index is -1.17. The molecule has 3 saturated heterocycles. The standard InChI is InChI=1S/C39H48F2N6O6/c1-4-26-29(40)9-8-23-15-25(48)16-27(31(23)26)33-32(41)34-28(17-42-33)35(47-13-14-51-21-38(2,50)20-47)44-36(43-34)53-22-39-10-5-7-30(39)46(12-6-11-39)18-24-19-52-37(49)45(24)3/h8-9,15-17,24,30,35,48,50H,4-7,10-14,18-22H2,1-3H3,(H,43,44). The number of amides is 1. The van der Waals surface area contributed by atoms with Gasteiger partial charge in [-0.2, -0.15) is 0 Å². The summed E-state index contributed by atoms with van der Waals surface area (Å²) < 4.78 is 49.9. The lowest BCUT2D eigenvalue weighted by Crippen LogP contribution is -2.55. The van der Waals surface area contributed by atoms with Crippen molar-refractivity contribution in [2.24, 2.45) is 10.4 Å². The fraction of sp³-hybridized carbons (Fsp3) is 0.564. The van der Waals surface area contributed by atoms with Crippen LogP contribution in [0.3, 0.4) is 0 Å². The number of likely N-dealkylation sites (N-methyl/N-ethyl adjacent to an activating group) is 1. The van der Waals surface area contributed by atoms with Crippen molar-refractivity contribution in [3.63, 3.8) is 0 Å². The first-order valence-corrected chi connectivity index (χ1v) is 18.8. The number of phenols is 1. The van der Waals surface area contributed by atoms with Gasteiger partial charge >= 0.3 is 6.09 Å². The minimum Gasteiger partial charge on any atom is -0.508 e. The van der Waals surface area contributed by atoms with E-state index >= 15 is 8.78 Å². The van der Waals surface area contributed by atoms with Gasteiger partial charge in [-0.1, -0.05) is 19.4 Å². The Kier molecular flexibility index (Phi) is 9.45. The molecule has 0 bridgehead atoms. The third kappa shape index (κ3) is 6.57. The van der Waals surface area contributed by atoms with Gasteiger partial charge in [-0.05, 0) is 80.1 Å². The van der Waals surface area contributed by atoms with Crippen LogP contribution in [0.4, 0.5) is 19.3 Å². The number of halogens is 2. The number of amidine groups is 1. The maximum atomic E-state index is 17.1. The fourth-order valence-electron chi connectivity index (χ4n) is 9.38. The van der Waals surface area contributed by atoms with Crippen molar-refractivity contribution in [1.82, 2.24) is 19.7 Å². The van der Waals surface area contributed by atoms with Gasteiger partial charge in [0.2, 0.25) is 0 Å². The van der Waals surface area contributed by atoms with Crippen LogP contribution in [0.15, 0.2) is 35.5 Å². The summed E-state index contributed by atoms with van der Waals surface area (Å²) in [5.41, 5.74) is -0.0907. The van der Waals surface area contributed by atoms with E-state index in [-0.39, 0.29) is 65.5 Å². The number of benzene rings is 2. The van der Waals surface area contributed by atoms with Crippen molar-refractivity contribution in [3.05, 3.63) is 53.2 Å². The second-order valence-electron chi connectivity index (χ2n) is 15.7. The largest absolute Gasteiger partial charge is 0.508 e. The summed E-state index contributed by atoms with van der Waals surface area (Å²) in [6.07, 6.45) is 5.90. The Labute approximate surface area is 307 Å². The topological polar surface area (TPSA) is 132 Å². The molecule has 5 heterocycles. The number of rotatable bonds is 7. The number of aliphatic hydroxyl groups is 1. The first kappa shape index (κ1) is 35.9. The lowest BCUT2D eigenvalue weighted by molar-refractivity contribution is -0.0257. The van der Waals surface area contributed by atoms with Crippen LogP contribution in [0, 0.1) is 17.0 Å². The number of phenolic OH excluding ortho intramolecular Hbond substituents is 1. The first-order valence-electron chi connectivity index (χ1n) is 18.8. The zero-order valence-electron chi connectivity index (χ0n) is 30.5. The highest BCUT2D eigenvalue weighted by atomic mass is 19.1. The fourth-order valence-corrected chi connectivity index (χ4v) is 9.38. The molecule has 3 N–H and O–H groups in total. The molecule has 8 rings (SSSR count). The van der Waals surface area contributed by atoms with Gasteiger partial charge in [0.1, 0.15) is 30.0 Å². The zero-order valence-corrected chi connectivity index (χ0v) is 30.5. The van der Waals surface area contributed by atoms with Crippen molar-refractivity contribution in [2.75, 3.05) is 65.0 Å². The number of piperidine rings is 1. The number of aromatic nitrogens is 1. The van der Waals surface area contributed by atoms with Crippen LogP contribution in [0.1, 0.15) is 63.2 Å². The number of hydrogen-bond acceptors (Lipinski definition) is 11. The molecule has 1 amide bonds. The van der Waals surface area contributed by atoms with E-state index < -0.39 is 23.4 Å². The van der Waals surface area contributed by atoms with E-state index in [2.05, 4.69) is 15.2 Å². The van der Waals surface area contributed by atoms with Gasteiger partial charge in [-0.15, -0.1) is 0 Å². The number of ether oxygens (including phenoxy) is 3. The maximum absolute atomic E-state index is 17.1. The van der Waals surface area contributed by atoms with Crippen LogP contribution < -0.4 is 5.32 Å². The quantitative estimate of drug-likeness (QED) is 0.290. The van der Waals surface area contributed by atoms with E-state index in [1.54, 1.807) is 31.1 Å². The van der Waals surface area contributed by atoms with Gasteiger partial charge in [0.15, 0.2) is 5.82 Å². The average Bonchev–Trinajstić information content (AvgIpc) is 3.65. The normalized spacial score (nSPS) is 29.3. The second kappa shape index (κ2) is 13.9. The van der Waals surface area contributed by atoms with Crippen LogP contribution in [-0.4, -0.2) is 119 Å². The van der Waals surface area contributed by atoms with E-state index in [0.717, 1.165) is 45.2 Å². The summed E-state index contributed by atoms with van der Waals surface area (Å²) in [4.78, 5) is 27.8. The number of carbonyl (C=O) groups is 1. The van der Waals surface area contributed by atoms with Crippen molar-refractivity contribution in [3.8, 4) is 17.0 Å². The molecule has 2 aromatic carbocycles. The van der Waals surface area contributed by atoms with Crippen molar-refractivity contribution < 1.29 is 38.0 Å². The number of aryl methyl sites for hydroxylation is 1. The summed E-state index contributed by atoms with van der Waals surface area (Å²) in [5.74, 6) is -1.18. The molecule has 12 nitrogen and oxygen atoms in total. The van der Waals surface area contributed by atoms with Gasteiger partial charge in [-0.3, -0.25) is 14.8 Å². The summed E-state index contributed by atoms with van der Waals surface area (Å²) in [7, 11) is 1.79. The monoisotopic (exact) mass is 734 g/mol. The minimum absolute atomic E-state index is 0.00407. The van der Waals surface area contributed by atoms with E-state index in [9.17, 15) is 15.0 Å². The number of nitrogens with zero attached hydrogens (tertiary/aromatic N) is 5. The van der Waals surface area contributed by atoms with Crippen LogP contribution in [0.5, 0.6) is 5.75 Å². The Balaban J connectivity index is 1.14. The highest BCUT2D eigenvalue weighted by Crippen LogP contribution is 2.49. The van der Waals surface area contributed by atoms with E-state index in [1.165, 1.54) is 18.2 Å². The number of aliphatic imine (C=N–C) groups is 1. The molecule has 3 aromatic rings. The summed E-state index contributed by atoms with van der Waals surface area (Å²) in [6, 6.07) is 6.31. The number of aromatic hydroxyl groups is 1. The molecule has 1 saturated carbocycles. The van der Waals surface area contributed by atoms with Crippen molar-refractivity contribution in [2.45, 2.75) is 76.2 Å².